The fourth-order valence-electron chi connectivity index (χ4n) is 1.52. The SMILES string of the molecule is C[C@]1(CSc2ccccc2)CC(=O)N1. The van der Waals surface area contributed by atoms with E-state index in [0.717, 1.165) is 5.75 Å². The lowest BCUT2D eigenvalue weighted by molar-refractivity contribution is -0.131. The third-order valence-electron chi connectivity index (χ3n) is 2.29. The summed E-state index contributed by atoms with van der Waals surface area (Å²) in [6, 6.07) is 10.3. The van der Waals surface area contributed by atoms with Gasteiger partial charge in [-0.05, 0) is 19.1 Å². The van der Waals surface area contributed by atoms with Gasteiger partial charge in [0.2, 0.25) is 5.91 Å². The van der Waals surface area contributed by atoms with Gasteiger partial charge < -0.3 is 5.32 Å². The van der Waals surface area contributed by atoms with Crippen molar-refractivity contribution in [2.24, 2.45) is 0 Å². The molecule has 0 spiro atoms. The zero-order valence-corrected chi connectivity index (χ0v) is 8.93. The predicted molar refractivity (Wildman–Crippen MR) is 58.3 cm³/mol. The Morgan fingerprint density at radius 2 is 2.07 bits per heavy atom. The minimum absolute atomic E-state index is 0.0115. The Bertz CT molecular complexity index is 328. The molecule has 0 unspecified atom stereocenters. The highest BCUT2D eigenvalue weighted by Gasteiger charge is 2.37. The lowest BCUT2D eigenvalue weighted by Crippen LogP contribution is -2.60. The van der Waals surface area contributed by atoms with Gasteiger partial charge in [-0.1, -0.05) is 18.2 Å². The molecule has 1 saturated heterocycles. The first-order valence-electron chi connectivity index (χ1n) is 4.67. The standard InChI is InChI=1S/C11H13NOS/c1-11(7-10(13)12-11)8-14-9-5-3-2-4-6-9/h2-6H,7-8H2,1H3,(H,12,13)/t11-/m1/s1. The summed E-state index contributed by atoms with van der Waals surface area (Å²) in [5.41, 5.74) is 0.0115. The second-order valence-corrected chi connectivity index (χ2v) is 4.94. The Labute approximate surface area is 88.1 Å². The second-order valence-electron chi connectivity index (χ2n) is 3.89. The minimum atomic E-state index is 0.0115. The quantitative estimate of drug-likeness (QED) is 0.607. The van der Waals surface area contributed by atoms with Crippen LogP contribution in [0.3, 0.4) is 0 Å². The zero-order valence-electron chi connectivity index (χ0n) is 8.12. The van der Waals surface area contributed by atoms with Crippen LogP contribution >= 0.6 is 11.8 Å². The molecule has 1 aliphatic heterocycles. The summed E-state index contributed by atoms with van der Waals surface area (Å²) in [6.07, 6.45) is 0.660. The summed E-state index contributed by atoms with van der Waals surface area (Å²) in [6.45, 7) is 2.09. The number of hydrogen-bond acceptors (Lipinski definition) is 2. The zero-order chi connectivity index (χ0) is 10.0. The Kier molecular flexibility index (Phi) is 2.50. The largest absolute Gasteiger partial charge is 0.350 e. The van der Waals surface area contributed by atoms with Crippen molar-refractivity contribution in [3.05, 3.63) is 30.3 Å². The smallest absolute Gasteiger partial charge is 0.222 e. The minimum Gasteiger partial charge on any atom is -0.350 e. The Hall–Kier alpha value is -0.960. The van der Waals surface area contributed by atoms with Crippen molar-refractivity contribution in [2.45, 2.75) is 23.8 Å². The number of benzene rings is 1. The summed E-state index contributed by atoms with van der Waals surface area (Å²) in [5.74, 6) is 1.11. The average Bonchev–Trinajstić information content (AvgIpc) is 2.15. The van der Waals surface area contributed by atoms with Gasteiger partial charge in [0.05, 0.1) is 12.0 Å². The van der Waals surface area contributed by atoms with Crippen LogP contribution in [0.1, 0.15) is 13.3 Å². The molecule has 1 atom stereocenters. The van der Waals surface area contributed by atoms with Gasteiger partial charge in [-0.2, -0.15) is 0 Å². The lowest BCUT2D eigenvalue weighted by Gasteiger charge is -2.38. The van der Waals surface area contributed by atoms with Gasteiger partial charge in [-0.3, -0.25) is 4.79 Å². The Morgan fingerprint density at radius 3 is 2.64 bits per heavy atom. The maximum Gasteiger partial charge on any atom is 0.222 e. The number of carbonyl (C=O) groups is 1. The predicted octanol–water partition coefficient (Wildman–Crippen LogP) is 2.06. The number of amides is 1. The van der Waals surface area contributed by atoms with Crippen LogP contribution in [0.15, 0.2) is 35.2 Å². The number of hydrogen-bond donors (Lipinski definition) is 1. The third kappa shape index (κ3) is 2.10. The van der Waals surface area contributed by atoms with E-state index in [1.54, 1.807) is 11.8 Å². The van der Waals surface area contributed by atoms with Gasteiger partial charge >= 0.3 is 0 Å². The van der Waals surface area contributed by atoms with Crippen LogP contribution in [-0.2, 0) is 4.79 Å². The van der Waals surface area contributed by atoms with E-state index in [4.69, 9.17) is 0 Å². The molecule has 1 aromatic carbocycles. The highest BCUT2D eigenvalue weighted by molar-refractivity contribution is 7.99. The number of rotatable bonds is 3. The number of thioether (sulfide) groups is 1. The Morgan fingerprint density at radius 1 is 1.43 bits per heavy atom. The highest BCUT2D eigenvalue weighted by Crippen LogP contribution is 2.28. The van der Waals surface area contributed by atoms with Gasteiger partial charge in [0.1, 0.15) is 0 Å². The first kappa shape index (κ1) is 9.59. The number of β-lactam (4-membered cyclic amide) rings is 1. The number of carbonyl (C=O) groups excluding carboxylic acids is 1. The first-order chi connectivity index (χ1) is 6.68. The number of nitrogens with one attached hydrogen (secondary N) is 1. The molecule has 3 heteroatoms. The first-order valence-corrected chi connectivity index (χ1v) is 5.65. The van der Waals surface area contributed by atoms with Crippen molar-refractivity contribution in [1.82, 2.24) is 5.32 Å². The molecule has 1 heterocycles. The summed E-state index contributed by atoms with van der Waals surface area (Å²) in [5, 5.41) is 2.93. The van der Waals surface area contributed by atoms with Gasteiger partial charge in [-0.15, -0.1) is 11.8 Å². The summed E-state index contributed by atoms with van der Waals surface area (Å²) in [7, 11) is 0. The summed E-state index contributed by atoms with van der Waals surface area (Å²) in [4.78, 5) is 12.1. The van der Waals surface area contributed by atoms with Crippen LogP contribution in [0.25, 0.3) is 0 Å². The monoisotopic (exact) mass is 207 g/mol. The van der Waals surface area contributed by atoms with E-state index in [1.807, 2.05) is 18.2 Å². The van der Waals surface area contributed by atoms with Crippen molar-refractivity contribution < 1.29 is 4.79 Å². The summed E-state index contributed by atoms with van der Waals surface area (Å²) >= 11 is 1.79. The van der Waals surface area contributed by atoms with Gasteiger partial charge in [-0.25, -0.2) is 0 Å². The Balaban J connectivity index is 1.86. The molecule has 14 heavy (non-hydrogen) atoms. The van der Waals surface area contributed by atoms with E-state index in [9.17, 15) is 4.79 Å². The van der Waals surface area contributed by atoms with E-state index >= 15 is 0 Å². The van der Waals surface area contributed by atoms with Crippen molar-refractivity contribution in [2.75, 3.05) is 5.75 Å². The maximum atomic E-state index is 10.8. The molecule has 1 fully saturated rings. The molecule has 1 aromatic rings. The van der Waals surface area contributed by atoms with Gasteiger partial charge in [0.25, 0.3) is 0 Å². The third-order valence-corrected chi connectivity index (χ3v) is 3.68. The lowest BCUT2D eigenvalue weighted by atomic mass is 9.92. The molecule has 2 nitrogen and oxygen atoms in total. The van der Waals surface area contributed by atoms with Crippen LogP contribution in [-0.4, -0.2) is 17.2 Å². The highest BCUT2D eigenvalue weighted by atomic mass is 32.2. The van der Waals surface area contributed by atoms with E-state index in [-0.39, 0.29) is 11.4 Å². The molecule has 0 bridgehead atoms. The van der Waals surface area contributed by atoms with Crippen LogP contribution in [0.4, 0.5) is 0 Å². The molecular formula is C11H13NOS. The van der Waals surface area contributed by atoms with Crippen LogP contribution in [0.5, 0.6) is 0 Å². The van der Waals surface area contributed by atoms with Crippen LogP contribution in [0, 0.1) is 0 Å². The molecule has 0 saturated carbocycles. The van der Waals surface area contributed by atoms with Crippen LogP contribution in [0.2, 0.25) is 0 Å². The molecule has 1 aliphatic rings. The molecular weight excluding hydrogens is 194 g/mol. The molecule has 2 rings (SSSR count). The van der Waals surface area contributed by atoms with Crippen molar-refractivity contribution in [3.63, 3.8) is 0 Å². The molecule has 74 valence electrons. The summed E-state index contributed by atoms with van der Waals surface area (Å²) < 4.78 is 0. The molecule has 0 aromatic heterocycles. The molecule has 1 amide bonds. The average molecular weight is 207 g/mol. The molecule has 0 radical (unpaired) electrons. The fourth-order valence-corrected chi connectivity index (χ4v) is 2.53. The van der Waals surface area contributed by atoms with Crippen molar-refractivity contribution in [1.29, 1.82) is 0 Å². The van der Waals surface area contributed by atoms with E-state index in [2.05, 4.69) is 24.4 Å². The van der Waals surface area contributed by atoms with Gasteiger partial charge in [0.15, 0.2) is 0 Å². The topological polar surface area (TPSA) is 29.1 Å². The van der Waals surface area contributed by atoms with E-state index in [0.29, 0.717) is 6.42 Å². The van der Waals surface area contributed by atoms with Crippen molar-refractivity contribution in [3.8, 4) is 0 Å². The molecule has 0 aliphatic carbocycles. The fraction of sp³-hybridized carbons (Fsp3) is 0.364. The second kappa shape index (κ2) is 3.65. The maximum absolute atomic E-state index is 10.8. The normalized spacial score (nSPS) is 25.4. The van der Waals surface area contributed by atoms with E-state index in [1.165, 1.54) is 4.90 Å². The van der Waals surface area contributed by atoms with Gasteiger partial charge in [0, 0.05) is 10.6 Å². The van der Waals surface area contributed by atoms with Crippen LogP contribution < -0.4 is 5.32 Å². The van der Waals surface area contributed by atoms with Crippen molar-refractivity contribution >= 4 is 17.7 Å². The molecule has 1 N–H and O–H groups in total. The van der Waals surface area contributed by atoms with E-state index < -0.39 is 0 Å².